The van der Waals surface area contributed by atoms with E-state index >= 15 is 0 Å². The Hall–Kier alpha value is -2.11. The third-order valence-corrected chi connectivity index (χ3v) is 4.25. The van der Waals surface area contributed by atoms with Crippen molar-refractivity contribution in [3.63, 3.8) is 0 Å². The van der Waals surface area contributed by atoms with Crippen LogP contribution in [0.3, 0.4) is 0 Å². The van der Waals surface area contributed by atoms with Gasteiger partial charge in [0.2, 0.25) is 5.91 Å². The molecule has 2 heterocycles. The number of nitrogens with one attached hydrogen (secondary N) is 1. The molecule has 0 fully saturated rings. The van der Waals surface area contributed by atoms with Crippen LogP contribution in [0.15, 0.2) is 27.5 Å². The smallest absolute Gasteiger partial charge is 0.406 e. The first kappa shape index (κ1) is 20.9. The van der Waals surface area contributed by atoms with Crippen molar-refractivity contribution in [1.29, 1.82) is 0 Å². The molecule has 25 heavy (non-hydrogen) atoms. The van der Waals surface area contributed by atoms with Crippen LogP contribution in [-0.4, -0.2) is 15.9 Å². The lowest BCUT2D eigenvalue weighted by Crippen LogP contribution is -2.22. The van der Waals surface area contributed by atoms with Gasteiger partial charge in [-0.2, -0.15) is 0 Å². The molecule has 2 aromatic heterocycles. The molecule has 0 aliphatic carbocycles. The van der Waals surface area contributed by atoms with Crippen molar-refractivity contribution in [2.24, 2.45) is 11.7 Å². The number of aromatic amines is 1. The Balaban J connectivity index is 0.000000267. The van der Waals surface area contributed by atoms with Crippen LogP contribution in [0.5, 0.6) is 0 Å². The molecule has 0 bridgehead atoms. The Bertz CT molecular complexity index is 627. The second kappa shape index (κ2) is 12.3. The molecule has 6 nitrogen and oxygen atoms in total. The van der Waals surface area contributed by atoms with Crippen LogP contribution in [0.2, 0.25) is 0 Å². The Morgan fingerprint density at radius 3 is 2.48 bits per heavy atom. The lowest BCUT2D eigenvalue weighted by atomic mass is 9.97. The van der Waals surface area contributed by atoms with E-state index in [0.29, 0.717) is 11.2 Å². The Morgan fingerprint density at radius 1 is 1.20 bits per heavy atom. The molecule has 3 N–H and O–H groups in total. The van der Waals surface area contributed by atoms with Crippen LogP contribution in [-0.2, 0) is 4.79 Å². The number of oxazole rings is 1. The number of carbonyl (C=O) groups is 1. The number of H-pyrrole nitrogens is 1. The molecule has 0 saturated carbocycles. The molecule has 140 valence electrons. The minimum absolute atomic E-state index is 0.112. The van der Waals surface area contributed by atoms with Crippen molar-refractivity contribution in [2.75, 3.05) is 0 Å². The highest BCUT2D eigenvalue weighted by molar-refractivity contribution is 5.76. The predicted molar refractivity (Wildman–Crippen MR) is 100 cm³/mol. The number of aromatic nitrogens is 2. The molecule has 0 spiro atoms. The first-order valence-corrected chi connectivity index (χ1v) is 9.31. The average molecular weight is 349 g/mol. The SMILES string of the molecule is CCCCCCCCCC(CC)C(N)=O.O=c1[nH]c2ncccc2o1. The summed E-state index contributed by atoms with van der Waals surface area (Å²) in [5, 5.41) is 0. The topological polar surface area (TPSA) is 102 Å². The van der Waals surface area contributed by atoms with Crippen molar-refractivity contribution in [3.05, 3.63) is 28.9 Å². The zero-order chi connectivity index (χ0) is 18.5. The zero-order valence-electron chi connectivity index (χ0n) is 15.4. The maximum absolute atomic E-state index is 11.0. The van der Waals surface area contributed by atoms with Crippen LogP contribution in [0.1, 0.15) is 71.6 Å². The van der Waals surface area contributed by atoms with Crippen molar-refractivity contribution in [1.82, 2.24) is 9.97 Å². The van der Waals surface area contributed by atoms with E-state index in [4.69, 9.17) is 10.2 Å². The first-order valence-electron chi connectivity index (χ1n) is 9.31. The highest BCUT2D eigenvalue weighted by Gasteiger charge is 2.11. The van der Waals surface area contributed by atoms with E-state index in [1.807, 2.05) is 6.92 Å². The number of rotatable bonds is 10. The lowest BCUT2D eigenvalue weighted by molar-refractivity contribution is -0.122. The highest BCUT2D eigenvalue weighted by Crippen LogP contribution is 2.14. The predicted octanol–water partition coefficient (Wildman–Crippen LogP) is 4.15. The summed E-state index contributed by atoms with van der Waals surface area (Å²) in [6, 6.07) is 3.39. The van der Waals surface area contributed by atoms with Gasteiger partial charge in [0.05, 0.1) is 0 Å². The van der Waals surface area contributed by atoms with Gasteiger partial charge in [0.15, 0.2) is 11.2 Å². The van der Waals surface area contributed by atoms with E-state index in [0.717, 1.165) is 19.3 Å². The summed E-state index contributed by atoms with van der Waals surface area (Å²) in [6.45, 7) is 4.27. The first-order chi connectivity index (χ1) is 12.1. The molecule has 1 unspecified atom stereocenters. The third kappa shape index (κ3) is 8.52. The van der Waals surface area contributed by atoms with Gasteiger partial charge in [-0.25, -0.2) is 9.78 Å². The summed E-state index contributed by atoms with van der Waals surface area (Å²) in [4.78, 5) is 27.8. The number of nitrogens with zero attached hydrogens (tertiary/aromatic N) is 1. The van der Waals surface area contributed by atoms with Crippen molar-refractivity contribution in [3.8, 4) is 0 Å². The maximum atomic E-state index is 11.0. The number of hydrogen-bond donors (Lipinski definition) is 2. The average Bonchev–Trinajstić information content (AvgIpc) is 2.97. The normalized spacial score (nSPS) is 11.8. The van der Waals surface area contributed by atoms with Crippen molar-refractivity contribution >= 4 is 17.1 Å². The van der Waals surface area contributed by atoms with Crippen LogP contribution in [0, 0.1) is 5.92 Å². The van der Waals surface area contributed by atoms with Gasteiger partial charge < -0.3 is 10.2 Å². The van der Waals surface area contributed by atoms with E-state index in [9.17, 15) is 9.59 Å². The van der Waals surface area contributed by atoms with Crippen LogP contribution >= 0.6 is 0 Å². The molecule has 1 amide bonds. The summed E-state index contributed by atoms with van der Waals surface area (Å²) in [5.74, 6) is -0.474. The summed E-state index contributed by atoms with van der Waals surface area (Å²) in [7, 11) is 0. The molecule has 0 aliphatic rings. The van der Waals surface area contributed by atoms with Gasteiger partial charge in [-0.15, -0.1) is 0 Å². The largest absolute Gasteiger partial charge is 0.418 e. The summed E-state index contributed by atoms with van der Waals surface area (Å²) < 4.78 is 4.69. The van der Waals surface area contributed by atoms with Gasteiger partial charge in [0.1, 0.15) is 0 Å². The quantitative estimate of drug-likeness (QED) is 0.629. The standard InChI is InChI=1S/C13H27NO.C6H4N2O2/c1-3-5-6-7-8-9-10-11-12(4-2)13(14)15;9-6-8-5-4(10-6)2-1-3-7-5/h12H,3-11H2,1-2H3,(H2,14,15);1-3H,(H,7,8,9). The molecule has 2 aromatic rings. The molecule has 2 rings (SSSR count). The molecule has 6 heteroatoms. The van der Waals surface area contributed by atoms with Gasteiger partial charge in [-0.3, -0.25) is 9.78 Å². The molecular weight excluding hydrogens is 318 g/mol. The second-order valence-electron chi connectivity index (χ2n) is 6.28. The number of pyridine rings is 1. The Morgan fingerprint density at radius 2 is 1.88 bits per heavy atom. The number of fused-ring (bicyclic) bond motifs is 1. The molecular formula is C19H31N3O3. The van der Waals surface area contributed by atoms with Crippen LogP contribution in [0.4, 0.5) is 0 Å². The van der Waals surface area contributed by atoms with Crippen LogP contribution < -0.4 is 11.5 Å². The fourth-order valence-corrected chi connectivity index (χ4v) is 2.68. The summed E-state index contributed by atoms with van der Waals surface area (Å²) >= 11 is 0. The fraction of sp³-hybridized carbons (Fsp3) is 0.632. The van der Waals surface area contributed by atoms with E-state index in [2.05, 4.69) is 16.9 Å². The summed E-state index contributed by atoms with van der Waals surface area (Å²) in [6.07, 6.45) is 12.6. The number of primary amides is 1. The molecule has 0 aliphatic heterocycles. The lowest BCUT2D eigenvalue weighted by Gasteiger charge is -2.09. The number of hydrogen-bond acceptors (Lipinski definition) is 4. The molecule has 0 saturated heterocycles. The third-order valence-electron chi connectivity index (χ3n) is 4.25. The second-order valence-corrected chi connectivity index (χ2v) is 6.28. The van der Waals surface area contributed by atoms with E-state index in [1.165, 1.54) is 38.5 Å². The zero-order valence-corrected chi connectivity index (χ0v) is 15.4. The van der Waals surface area contributed by atoms with Gasteiger partial charge in [-0.1, -0.05) is 58.8 Å². The van der Waals surface area contributed by atoms with Gasteiger partial charge in [0, 0.05) is 12.1 Å². The number of amides is 1. The summed E-state index contributed by atoms with van der Waals surface area (Å²) in [5.41, 5.74) is 6.27. The van der Waals surface area contributed by atoms with Crippen molar-refractivity contribution < 1.29 is 9.21 Å². The Labute approximate surface area is 149 Å². The van der Waals surface area contributed by atoms with Crippen LogP contribution in [0.25, 0.3) is 11.2 Å². The highest BCUT2D eigenvalue weighted by atomic mass is 16.4. The van der Waals surface area contributed by atoms with Crippen molar-refractivity contribution in [2.45, 2.75) is 71.6 Å². The number of nitrogens with two attached hydrogens (primary N) is 1. The fourth-order valence-electron chi connectivity index (χ4n) is 2.68. The van der Waals surface area contributed by atoms with E-state index < -0.39 is 5.76 Å². The maximum Gasteiger partial charge on any atom is 0.418 e. The Kier molecular flexibility index (Phi) is 10.3. The molecule has 0 radical (unpaired) electrons. The number of carbonyl (C=O) groups excluding carboxylic acids is 1. The molecule has 0 aromatic carbocycles. The number of unbranched alkanes of at least 4 members (excludes halogenated alkanes) is 6. The van der Waals surface area contributed by atoms with Gasteiger partial charge in [-0.05, 0) is 25.0 Å². The van der Waals surface area contributed by atoms with E-state index in [1.54, 1.807) is 18.3 Å². The molecule has 1 atom stereocenters. The monoisotopic (exact) mass is 349 g/mol. The minimum Gasteiger partial charge on any atom is -0.406 e. The van der Waals surface area contributed by atoms with Gasteiger partial charge >= 0.3 is 5.76 Å². The van der Waals surface area contributed by atoms with Gasteiger partial charge in [0.25, 0.3) is 0 Å². The minimum atomic E-state index is -0.464. The van der Waals surface area contributed by atoms with E-state index in [-0.39, 0.29) is 11.8 Å².